The fourth-order valence-electron chi connectivity index (χ4n) is 3.57. The molecule has 1 aliphatic rings. The lowest BCUT2D eigenvalue weighted by Crippen LogP contribution is -2.29. The van der Waals surface area contributed by atoms with Crippen molar-refractivity contribution < 1.29 is 4.74 Å². The van der Waals surface area contributed by atoms with Crippen molar-refractivity contribution in [1.29, 1.82) is 0 Å². The SMILES string of the molecule is COc1ccc(CN(Cn2nc(C)n(-c3ccccc3C)c2=S)C2CC2)cc1. The lowest BCUT2D eigenvalue weighted by Gasteiger charge is -2.22. The molecule has 0 bridgehead atoms. The van der Waals surface area contributed by atoms with Gasteiger partial charge in [-0.15, -0.1) is 0 Å². The molecule has 6 heteroatoms. The van der Waals surface area contributed by atoms with Gasteiger partial charge in [0.25, 0.3) is 0 Å². The molecular weight excluding hydrogens is 368 g/mol. The summed E-state index contributed by atoms with van der Waals surface area (Å²) < 4.78 is 10.0. The first-order valence-corrected chi connectivity index (χ1v) is 10.1. The minimum Gasteiger partial charge on any atom is -0.497 e. The molecule has 0 unspecified atom stereocenters. The fourth-order valence-corrected chi connectivity index (χ4v) is 3.90. The summed E-state index contributed by atoms with van der Waals surface area (Å²) in [5, 5.41) is 4.76. The maximum absolute atomic E-state index is 5.80. The highest BCUT2D eigenvalue weighted by Gasteiger charge is 2.29. The molecule has 1 heterocycles. The van der Waals surface area contributed by atoms with Crippen molar-refractivity contribution in [2.75, 3.05) is 7.11 Å². The van der Waals surface area contributed by atoms with Gasteiger partial charge in [0, 0.05) is 12.6 Å². The van der Waals surface area contributed by atoms with Crippen LogP contribution in [0.3, 0.4) is 0 Å². The Kier molecular flexibility index (Phi) is 5.33. The molecule has 1 aromatic heterocycles. The molecule has 0 aliphatic heterocycles. The molecular formula is C22H26N4OS. The normalized spacial score (nSPS) is 13.9. The minimum absolute atomic E-state index is 0.605. The van der Waals surface area contributed by atoms with Crippen LogP contribution in [-0.4, -0.2) is 32.4 Å². The Bertz CT molecular complexity index is 1020. The van der Waals surface area contributed by atoms with Gasteiger partial charge in [0.1, 0.15) is 11.6 Å². The van der Waals surface area contributed by atoms with Crippen LogP contribution in [0.1, 0.15) is 29.8 Å². The smallest absolute Gasteiger partial charge is 0.203 e. The van der Waals surface area contributed by atoms with E-state index < -0.39 is 0 Å². The van der Waals surface area contributed by atoms with Crippen molar-refractivity contribution >= 4 is 12.2 Å². The molecule has 1 fully saturated rings. The summed E-state index contributed by atoms with van der Waals surface area (Å²) >= 11 is 5.80. The molecule has 0 atom stereocenters. The molecule has 0 radical (unpaired) electrons. The zero-order valence-electron chi connectivity index (χ0n) is 16.6. The average molecular weight is 395 g/mol. The van der Waals surface area contributed by atoms with Crippen LogP contribution in [0.2, 0.25) is 0 Å². The largest absolute Gasteiger partial charge is 0.497 e. The highest BCUT2D eigenvalue weighted by atomic mass is 32.1. The number of ether oxygens (including phenoxy) is 1. The van der Waals surface area contributed by atoms with E-state index in [0.29, 0.717) is 12.7 Å². The second kappa shape index (κ2) is 7.89. The molecule has 146 valence electrons. The molecule has 3 aromatic rings. The second-order valence-corrected chi connectivity index (χ2v) is 7.78. The maximum Gasteiger partial charge on any atom is 0.203 e. The van der Waals surface area contributed by atoms with Crippen LogP contribution >= 0.6 is 12.2 Å². The quantitative estimate of drug-likeness (QED) is 0.547. The van der Waals surface area contributed by atoms with E-state index in [1.165, 1.54) is 24.0 Å². The van der Waals surface area contributed by atoms with Gasteiger partial charge in [-0.1, -0.05) is 30.3 Å². The predicted octanol–water partition coefficient (Wildman–Crippen LogP) is 4.65. The Balaban J connectivity index is 1.59. The van der Waals surface area contributed by atoms with Crippen LogP contribution in [-0.2, 0) is 13.2 Å². The summed E-state index contributed by atoms with van der Waals surface area (Å²) in [4.78, 5) is 2.46. The van der Waals surface area contributed by atoms with Crippen LogP contribution in [0.25, 0.3) is 5.69 Å². The highest BCUT2D eigenvalue weighted by molar-refractivity contribution is 7.71. The van der Waals surface area contributed by atoms with Gasteiger partial charge in [-0.25, -0.2) is 4.68 Å². The van der Waals surface area contributed by atoms with Crippen LogP contribution in [0.15, 0.2) is 48.5 Å². The van der Waals surface area contributed by atoms with Crippen molar-refractivity contribution in [2.45, 2.75) is 45.9 Å². The minimum atomic E-state index is 0.605. The number of benzene rings is 2. The lowest BCUT2D eigenvalue weighted by atomic mass is 10.2. The molecule has 0 spiro atoms. The van der Waals surface area contributed by atoms with E-state index >= 15 is 0 Å². The Morgan fingerprint density at radius 1 is 1.11 bits per heavy atom. The number of nitrogens with zero attached hydrogens (tertiary/aromatic N) is 4. The number of aromatic nitrogens is 3. The Morgan fingerprint density at radius 2 is 1.82 bits per heavy atom. The summed E-state index contributed by atoms with van der Waals surface area (Å²) in [7, 11) is 1.69. The topological polar surface area (TPSA) is 35.2 Å². The number of hydrogen-bond donors (Lipinski definition) is 0. The van der Waals surface area contributed by atoms with E-state index in [0.717, 1.165) is 28.6 Å². The first-order chi connectivity index (χ1) is 13.6. The highest BCUT2D eigenvalue weighted by Crippen LogP contribution is 2.29. The molecule has 0 amide bonds. The monoisotopic (exact) mass is 394 g/mol. The van der Waals surface area contributed by atoms with Crippen molar-refractivity contribution in [1.82, 2.24) is 19.2 Å². The number of hydrogen-bond acceptors (Lipinski definition) is 4. The summed E-state index contributed by atoms with van der Waals surface area (Å²) in [6.07, 6.45) is 2.47. The Hall–Kier alpha value is -2.44. The van der Waals surface area contributed by atoms with Crippen LogP contribution in [0, 0.1) is 18.6 Å². The molecule has 28 heavy (non-hydrogen) atoms. The Labute approximate surface area is 171 Å². The van der Waals surface area contributed by atoms with Crippen LogP contribution < -0.4 is 4.74 Å². The van der Waals surface area contributed by atoms with Gasteiger partial charge in [0.05, 0.1) is 19.5 Å². The number of methoxy groups -OCH3 is 1. The Morgan fingerprint density at radius 3 is 2.46 bits per heavy atom. The third-order valence-electron chi connectivity index (χ3n) is 5.28. The molecule has 2 aromatic carbocycles. The summed E-state index contributed by atoms with van der Waals surface area (Å²) in [6.45, 7) is 5.71. The molecule has 1 aliphatic carbocycles. The molecule has 4 rings (SSSR count). The van der Waals surface area contributed by atoms with Crippen molar-refractivity contribution in [3.63, 3.8) is 0 Å². The van der Waals surface area contributed by atoms with Crippen LogP contribution in [0.4, 0.5) is 0 Å². The first kappa shape index (κ1) is 18.9. The van der Waals surface area contributed by atoms with E-state index in [4.69, 9.17) is 22.1 Å². The second-order valence-electron chi connectivity index (χ2n) is 7.42. The standard InChI is InChI=1S/C22H26N4OS/c1-16-6-4-5-7-21(16)26-17(2)23-25(22(26)28)15-24(19-10-11-19)14-18-8-12-20(27-3)13-9-18/h4-9,12-13,19H,10-11,14-15H2,1-3H3. The van der Waals surface area contributed by atoms with E-state index in [1.807, 2.05) is 35.9 Å². The molecule has 1 saturated carbocycles. The van der Waals surface area contributed by atoms with Gasteiger partial charge >= 0.3 is 0 Å². The third-order valence-corrected chi connectivity index (χ3v) is 5.67. The maximum atomic E-state index is 5.80. The van der Waals surface area contributed by atoms with Gasteiger partial charge in [0.15, 0.2) is 0 Å². The van der Waals surface area contributed by atoms with Crippen molar-refractivity contribution in [3.8, 4) is 11.4 Å². The van der Waals surface area contributed by atoms with Crippen molar-refractivity contribution in [2.24, 2.45) is 0 Å². The number of aryl methyl sites for hydroxylation is 2. The van der Waals surface area contributed by atoms with E-state index in [2.05, 4.69) is 40.7 Å². The van der Waals surface area contributed by atoms with E-state index in [1.54, 1.807) is 7.11 Å². The third kappa shape index (κ3) is 3.88. The molecule has 5 nitrogen and oxygen atoms in total. The molecule has 0 N–H and O–H groups in total. The van der Waals surface area contributed by atoms with Crippen molar-refractivity contribution in [3.05, 3.63) is 70.3 Å². The van der Waals surface area contributed by atoms with E-state index in [9.17, 15) is 0 Å². The predicted molar refractivity (Wildman–Crippen MR) is 113 cm³/mol. The zero-order valence-corrected chi connectivity index (χ0v) is 17.4. The van der Waals surface area contributed by atoms with Gasteiger partial charge in [-0.3, -0.25) is 9.47 Å². The first-order valence-electron chi connectivity index (χ1n) is 9.66. The van der Waals surface area contributed by atoms with Crippen LogP contribution in [0.5, 0.6) is 5.75 Å². The van der Waals surface area contributed by atoms with Gasteiger partial charge < -0.3 is 4.74 Å². The fraction of sp³-hybridized carbons (Fsp3) is 0.364. The summed E-state index contributed by atoms with van der Waals surface area (Å²) in [5.41, 5.74) is 3.57. The van der Waals surface area contributed by atoms with Gasteiger partial charge in [-0.2, -0.15) is 5.10 Å². The molecule has 0 saturated heterocycles. The zero-order chi connectivity index (χ0) is 19.7. The summed E-state index contributed by atoms with van der Waals surface area (Å²) in [6, 6.07) is 17.2. The average Bonchev–Trinajstić information content (AvgIpc) is 3.50. The van der Waals surface area contributed by atoms with Gasteiger partial charge in [0.2, 0.25) is 4.77 Å². The number of rotatable bonds is 7. The van der Waals surface area contributed by atoms with E-state index in [-0.39, 0.29) is 0 Å². The number of para-hydroxylation sites is 1. The van der Waals surface area contributed by atoms with Gasteiger partial charge in [-0.05, 0) is 68.2 Å². The lowest BCUT2D eigenvalue weighted by molar-refractivity contribution is 0.186. The summed E-state index contributed by atoms with van der Waals surface area (Å²) in [5.74, 6) is 1.80.